The molecule has 0 aromatic heterocycles. The third-order valence-electron chi connectivity index (χ3n) is 6.23. The third-order valence-corrected chi connectivity index (χ3v) is 6.23. The zero-order chi connectivity index (χ0) is 22.3. The van der Waals surface area contributed by atoms with Crippen molar-refractivity contribution in [3.63, 3.8) is 0 Å². The Kier molecular flexibility index (Phi) is 7.14. The minimum Gasteiger partial charge on any atom is -0.304 e. The summed E-state index contributed by atoms with van der Waals surface area (Å²) < 4.78 is 0. The van der Waals surface area contributed by atoms with Crippen LogP contribution in [0.15, 0.2) is 84.9 Å². The highest BCUT2D eigenvalue weighted by atomic mass is 16.1. The molecule has 0 spiro atoms. The summed E-state index contributed by atoms with van der Waals surface area (Å²) in [7, 11) is 0. The Morgan fingerprint density at radius 3 is 2.12 bits per heavy atom. The van der Waals surface area contributed by atoms with Gasteiger partial charge in [0.25, 0.3) is 0 Å². The van der Waals surface area contributed by atoms with Crippen LogP contribution < -0.4 is 0 Å². The van der Waals surface area contributed by atoms with Gasteiger partial charge in [0, 0.05) is 5.56 Å². The van der Waals surface area contributed by atoms with Crippen LogP contribution in [0.3, 0.4) is 0 Å². The summed E-state index contributed by atoms with van der Waals surface area (Å²) in [5.74, 6) is 0.0401. The Balaban J connectivity index is 1.41. The number of ketones is 1. The van der Waals surface area contributed by atoms with Gasteiger partial charge in [0.15, 0.2) is 5.78 Å². The van der Waals surface area contributed by atoms with E-state index in [4.69, 9.17) is 0 Å². The van der Waals surface area contributed by atoms with Crippen molar-refractivity contribution in [2.24, 2.45) is 0 Å². The van der Waals surface area contributed by atoms with Gasteiger partial charge in [0.1, 0.15) is 0 Å². The van der Waals surface area contributed by atoms with Gasteiger partial charge in [-0.05, 0) is 89.4 Å². The van der Waals surface area contributed by atoms with Crippen molar-refractivity contribution < 1.29 is 4.79 Å². The summed E-state index contributed by atoms with van der Waals surface area (Å²) in [5.41, 5.74) is 3.06. The molecule has 0 unspecified atom stereocenters. The molecule has 0 aliphatic carbocycles. The first-order valence-corrected chi connectivity index (χ1v) is 11.6. The van der Waals surface area contributed by atoms with Crippen molar-refractivity contribution in [3.8, 4) is 0 Å². The molecule has 0 aliphatic rings. The monoisotopic (exact) mass is 421 g/mol. The second-order valence-corrected chi connectivity index (χ2v) is 8.33. The van der Waals surface area contributed by atoms with Crippen LogP contribution in [0.25, 0.3) is 27.6 Å². The van der Waals surface area contributed by atoms with Crippen LogP contribution in [0.1, 0.15) is 41.8 Å². The molecule has 0 amide bonds. The van der Waals surface area contributed by atoms with E-state index in [-0.39, 0.29) is 5.78 Å². The molecule has 0 bridgehead atoms. The molecule has 162 valence electrons. The molecule has 32 heavy (non-hydrogen) atoms. The maximum atomic E-state index is 12.7. The van der Waals surface area contributed by atoms with Crippen molar-refractivity contribution in [2.75, 3.05) is 19.6 Å². The van der Waals surface area contributed by atoms with Crippen molar-refractivity contribution in [1.29, 1.82) is 0 Å². The highest BCUT2D eigenvalue weighted by molar-refractivity contribution is 6.07. The molecule has 4 rings (SSSR count). The first-order valence-electron chi connectivity index (χ1n) is 11.6. The Morgan fingerprint density at radius 1 is 0.781 bits per heavy atom. The molecule has 0 aliphatic heterocycles. The Morgan fingerprint density at radius 2 is 1.44 bits per heavy atom. The quantitative estimate of drug-likeness (QED) is 0.162. The lowest BCUT2D eigenvalue weighted by Crippen LogP contribution is -2.24. The number of fused-ring (bicyclic) bond motifs is 2. The fourth-order valence-corrected chi connectivity index (χ4v) is 4.21. The van der Waals surface area contributed by atoms with E-state index < -0.39 is 0 Å². The minimum absolute atomic E-state index is 0.0401. The van der Waals surface area contributed by atoms with E-state index >= 15 is 0 Å². The SMILES string of the molecule is CCN(CC)CCCc1ccc(C(=O)/C=C/c2ccc3cc4ccccc4cc3c2)cc1. The van der Waals surface area contributed by atoms with E-state index in [1.807, 2.05) is 18.2 Å². The zero-order valence-corrected chi connectivity index (χ0v) is 19.1. The number of benzene rings is 4. The van der Waals surface area contributed by atoms with Crippen molar-refractivity contribution >= 4 is 33.4 Å². The van der Waals surface area contributed by atoms with Crippen molar-refractivity contribution in [1.82, 2.24) is 4.90 Å². The average molecular weight is 422 g/mol. The first-order chi connectivity index (χ1) is 15.7. The minimum atomic E-state index is 0.0401. The smallest absolute Gasteiger partial charge is 0.185 e. The van der Waals surface area contributed by atoms with E-state index in [9.17, 15) is 4.79 Å². The lowest BCUT2D eigenvalue weighted by molar-refractivity contribution is 0.104. The maximum absolute atomic E-state index is 12.7. The van der Waals surface area contributed by atoms with Crippen LogP contribution in [-0.4, -0.2) is 30.3 Å². The van der Waals surface area contributed by atoms with Gasteiger partial charge < -0.3 is 4.90 Å². The molecule has 0 saturated heterocycles. The molecule has 0 N–H and O–H groups in total. The molecule has 2 heteroatoms. The average Bonchev–Trinajstić information content (AvgIpc) is 2.84. The molecule has 0 saturated carbocycles. The van der Waals surface area contributed by atoms with Crippen molar-refractivity contribution in [2.45, 2.75) is 26.7 Å². The van der Waals surface area contributed by atoms with Gasteiger partial charge in [-0.3, -0.25) is 4.79 Å². The summed E-state index contributed by atoms with van der Waals surface area (Å²) in [6.07, 6.45) is 5.78. The lowest BCUT2D eigenvalue weighted by atomic mass is 10.0. The van der Waals surface area contributed by atoms with Gasteiger partial charge in [-0.25, -0.2) is 0 Å². The zero-order valence-electron chi connectivity index (χ0n) is 19.1. The Bertz CT molecular complexity index is 1230. The molecule has 0 fully saturated rings. The third kappa shape index (κ3) is 5.33. The summed E-state index contributed by atoms with van der Waals surface area (Å²) in [6.45, 7) is 7.74. The van der Waals surface area contributed by atoms with Gasteiger partial charge in [-0.1, -0.05) is 80.6 Å². The first kappa shape index (κ1) is 22.0. The summed E-state index contributed by atoms with van der Waals surface area (Å²) >= 11 is 0. The second-order valence-electron chi connectivity index (χ2n) is 8.33. The molecule has 4 aromatic rings. The molecule has 0 atom stereocenters. The number of rotatable bonds is 9. The van der Waals surface area contributed by atoms with Crippen LogP contribution in [0.4, 0.5) is 0 Å². The van der Waals surface area contributed by atoms with Gasteiger partial charge in [0.2, 0.25) is 0 Å². The largest absolute Gasteiger partial charge is 0.304 e. The molecule has 4 aromatic carbocycles. The predicted molar refractivity (Wildman–Crippen MR) is 137 cm³/mol. The molecular formula is C30H31NO. The fourth-order valence-electron chi connectivity index (χ4n) is 4.21. The summed E-state index contributed by atoms with van der Waals surface area (Å²) in [4.78, 5) is 15.1. The Hall–Kier alpha value is -3.23. The highest BCUT2D eigenvalue weighted by Gasteiger charge is 2.04. The van der Waals surface area contributed by atoms with E-state index in [1.54, 1.807) is 6.08 Å². The van der Waals surface area contributed by atoms with Crippen LogP contribution in [0, 0.1) is 0 Å². The van der Waals surface area contributed by atoms with Crippen LogP contribution in [0.5, 0.6) is 0 Å². The topological polar surface area (TPSA) is 20.3 Å². The van der Waals surface area contributed by atoms with E-state index in [0.29, 0.717) is 0 Å². The molecular weight excluding hydrogens is 390 g/mol. The van der Waals surface area contributed by atoms with Crippen LogP contribution in [-0.2, 0) is 6.42 Å². The van der Waals surface area contributed by atoms with Crippen LogP contribution in [0.2, 0.25) is 0 Å². The normalized spacial score (nSPS) is 11.7. The van der Waals surface area contributed by atoms with E-state index in [0.717, 1.165) is 43.6 Å². The molecule has 2 nitrogen and oxygen atoms in total. The van der Waals surface area contributed by atoms with Crippen LogP contribution >= 0.6 is 0 Å². The highest BCUT2D eigenvalue weighted by Crippen LogP contribution is 2.24. The van der Waals surface area contributed by atoms with Gasteiger partial charge in [0.05, 0.1) is 0 Å². The second kappa shape index (κ2) is 10.4. The number of hydrogen-bond acceptors (Lipinski definition) is 2. The number of nitrogens with zero attached hydrogens (tertiary/aromatic N) is 1. The predicted octanol–water partition coefficient (Wildman–Crippen LogP) is 7.16. The summed E-state index contributed by atoms with van der Waals surface area (Å²) in [6, 6.07) is 27.2. The number of carbonyl (C=O) groups is 1. The molecule has 0 heterocycles. The Labute approximate surface area is 191 Å². The summed E-state index contributed by atoms with van der Waals surface area (Å²) in [5, 5.41) is 4.88. The van der Waals surface area contributed by atoms with Gasteiger partial charge in [-0.15, -0.1) is 0 Å². The fraction of sp³-hybridized carbons (Fsp3) is 0.233. The molecule has 0 radical (unpaired) electrons. The number of carbonyl (C=O) groups excluding carboxylic acids is 1. The van der Waals surface area contributed by atoms with Gasteiger partial charge >= 0.3 is 0 Å². The van der Waals surface area contributed by atoms with E-state index in [2.05, 4.69) is 85.5 Å². The number of aryl methyl sites for hydroxylation is 1. The standard InChI is InChI=1S/C30H31NO/c1-3-31(4-2)19-7-8-23-11-15-25(16-12-23)30(32)18-14-24-13-17-28-21-26-9-5-6-10-27(26)22-29(28)20-24/h5-6,9-18,20-22H,3-4,7-8,19H2,1-2H3/b18-14+. The number of allylic oxidation sites excluding steroid dienone is 1. The lowest BCUT2D eigenvalue weighted by Gasteiger charge is -2.17. The van der Waals surface area contributed by atoms with Crippen molar-refractivity contribution in [3.05, 3.63) is 102 Å². The van der Waals surface area contributed by atoms with E-state index in [1.165, 1.54) is 27.1 Å². The van der Waals surface area contributed by atoms with Gasteiger partial charge in [-0.2, -0.15) is 0 Å². The number of hydrogen-bond donors (Lipinski definition) is 0. The maximum Gasteiger partial charge on any atom is 0.185 e.